The van der Waals surface area contributed by atoms with Crippen LogP contribution in [-0.4, -0.2) is 34.9 Å². The van der Waals surface area contributed by atoms with Gasteiger partial charge in [-0.25, -0.2) is 0 Å². The molecular formula is C15H23N3O. The highest BCUT2D eigenvalue weighted by Crippen LogP contribution is 2.21. The second-order valence-corrected chi connectivity index (χ2v) is 5.52. The molecule has 1 heterocycles. The van der Waals surface area contributed by atoms with E-state index in [9.17, 15) is 4.79 Å². The van der Waals surface area contributed by atoms with E-state index in [2.05, 4.69) is 4.98 Å². The second-order valence-electron chi connectivity index (χ2n) is 5.52. The van der Waals surface area contributed by atoms with Crippen molar-refractivity contribution in [1.82, 2.24) is 9.88 Å². The van der Waals surface area contributed by atoms with Crippen molar-refractivity contribution in [2.75, 3.05) is 7.05 Å². The van der Waals surface area contributed by atoms with Crippen LogP contribution in [0.15, 0.2) is 18.3 Å². The number of likely N-dealkylation sites (N-methyl/N-ethyl adjacent to an activating group) is 1. The fourth-order valence-electron chi connectivity index (χ4n) is 2.66. The van der Waals surface area contributed by atoms with E-state index < -0.39 is 0 Å². The van der Waals surface area contributed by atoms with Gasteiger partial charge in [-0.3, -0.25) is 9.78 Å². The Morgan fingerprint density at radius 3 is 2.74 bits per heavy atom. The number of carbonyl (C=O) groups is 1. The molecule has 4 nitrogen and oxygen atoms in total. The molecular weight excluding hydrogens is 238 g/mol. The molecule has 104 valence electrons. The number of rotatable bonds is 3. The molecule has 0 unspecified atom stereocenters. The number of aryl methyl sites for hydroxylation is 1. The number of carbonyl (C=O) groups excluding carboxylic acids is 1. The van der Waals surface area contributed by atoms with Gasteiger partial charge in [0.15, 0.2) is 0 Å². The fraction of sp³-hybridized carbons (Fsp3) is 0.600. The molecule has 1 saturated carbocycles. The van der Waals surface area contributed by atoms with Gasteiger partial charge in [0.1, 0.15) is 0 Å². The van der Waals surface area contributed by atoms with Crippen molar-refractivity contribution in [1.29, 1.82) is 0 Å². The Hall–Kier alpha value is -1.42. The summed E-state index contributed by atoms with van der Waals surface area (Å²) in [4.78, 5) is 18.5. The van der Waals surface area contributed by atoms with E-state index in [1.165, 1.54) is 0 Å². The highest BCUT2D eigenvalue weighted by atomic mass is 16.2. The number of aromatic nitrogens is 1. The Kier molecular flexibility index (Phi) is 4.53. The maximum atomic E-state index is 12.3. The molecule has 4 heteroatoms. The average Bonchev–Trinajstić information content (AvgIpc) is 2.41. The summed E-state index contributed by atoms with van der Waals surface area (Å²) in [7, 11) is 1.90. The molecule has 2 rings (SSSR count). The smallest absolute Gasteiger partial charge is 0.228 e. The van der Waals surface area contributed by atoms with E-state index in [0.717, 1.165) is 36.9 Å². The predicted molar refractivity (Wildman–Crippen MR) is 75.7 cm³/mol. The molecule has 0 aromatic carbocycles. The largest absolute Gasteiger partial charge is 0.342 e. The summed E-state index contributed by atoms with van der Waals surface area (Å²) in [6.07, 6.45) is 6.21. The predicted octanol–water partition coefficient (Wildman–Crippen LogP) is 1.66. The number of nitrogens with zero attached hydrogens (tertiary/aromatic N) is 2. The highest BCUT2D eigenvalue weighted by molar-refractivity contribution is 5.78. The van der Waals surface area contributed by atoms with Crippen LogP contribution in [0.25, 0.3) is 0 Å². The molecule has 1 fully saturated rings. The Balaban J connectivity index is 1.94. The van der Waals surface area contributed by atoms with Crippen LogP contribution in [0.4, 0.5) is 0 Å². The molecule has 19 heavy (non-hydrogen) atoms. The Bertz CT molecular complexity index is 439. The zero-order chi connectivity index (χ0) is 13.8. The molecule has 1 aromatic heterocycles. The van der Waals surface area contributed by atoms with Gasteiger partial charge in [-0.05, 0) is 44.2 Å². The van der Waals surface area contributed by atoms with Crippen LogP contribution < -0.4 is 5.73 Å². The number of amides is 1. The third-order valence-electron chi connectivity index (χ3n) is 4.12. The van der Waals surface area contributed by atoms with Gasteiger partial charge in [-0.2, -0.15) is 0 Å². The highest BCUT2D eigenvalue weighted by Gasteiger charge is 2.25. The van der Waals surface area contributed by atoms with Gasteiger partial charge in [-0.1, -0.05) is 6.07 Å². The topological polar surface area (TPSA) is 59.2 Å². The van der Waals surface area contributed by atoms with Gasteiger partial charge in [0.2, 0.25) is 5.91 Å². The number of hydrogen-bond acceptors (Lipinski definition) is 3. The van der Waals surface area contributed by atoms with Crippen molar-refractivity contribution in [3.05, 3.63) is 29.6 Å². The molecule has 0 aliphatic heterocycles. The van der Waals surface area contributed by atoms with Gasteiger partial charge in [0, 0.05) is 25.3 Å². The minimum Gasteiger partial charge on any atom is -0.342 e. The minimum atomic E-state index is 0.155. The first kappa shape index (κ1) is 14.0. The average molecular weight is 261 g/mol. The summed E-state index contributed by atoms with van der Waals surface area (Å²) < 4.78 is 0. The molecule has 0 atom stereocenters. The van der Waals surface area contributed by atoms with Gasteiger partial charge in [-0.15, -0.1) is 0 Å². The number of nitrogens with two attached hydrogens (primary N) is 1. The van der Waals surface area contributed by atoms with Crippen LogP contribution in [0, 0.1) is 6.92 Å². The summed E-state index contributed by atoms with van der Waals surface area (Å²) in [5.41, 5.74) is 7.86. The zero-order valence-electron chi connectivity index (χ0n) is 11.8. The van der Waals surface area contributed by atoms with E-state index in [4.69, 9.17) is 5.73 Å². The van der Waals surface area contributed by atoms with E-state index in [0.29, 0.717) is 18.5 Å². The summed E-state index contributed by atoms with van der Waals surface area (Å²) in [5, 5.41) is 0. The molecule has 1 aliphatic carbocycles. The second kappa shape index (κ2) is 6.15. The van der Waals surface area contributed by atoms with E-state index >= 15 is 0 Å². The van der Waals surface area contributed by atoms with Gasteiger partial charge in [0.25, 0.3) is 0 Å². The van der Waals surface area contributed by atoms with E-state index in [1.54, 1.807) is 6.20 Å². The summed E-state index contributed by atoms with van der Waals surface area (Å²) in [5.74, 6) is 0.155. The van der Waals surface area contributed by atoms with Crippen molar-refractivity contribution >= 4 is 5.91 Å². The van der Waals surface area contributed by atoms with Crippen molar-refractivity contribution in [2.24, 2.45) is 5.73 Å². The Morgan fingerprint density at radius 2 is 2.11 bits per heavy atom. The summed E-state index contributed by atoms with van der Waals surface area (Å²) >= 11 is 0. The summed E-state index contributed by atoms with van der Waals surface area (Å²) in [6, 6.07) is 4.55. The van der Waals surface area contributed by atoms with Gasteiger partial charge in [0.05, 0.1) is 12.1 Å². The molecule has 1 amide bonds. The standard InChI is InChI=1S/C15H23N3O/c1-11-4-3-9-17-14(11)10-15(19)18(2)13-7-5-12(16)6-8-13/h3-4,9,12-13H,5-8,10,16H2,1-2H3. The lowest BCUT2D eigenvalue weighted by Crippen LogP contribution is -2.42. The summed E-state index contributed by atoms with van der Waals surface area (Å²) in [6.45, 7) is 2.00. The number of hydrogen-bond donors (Lipinski definition) is 1. The van der Waals surface area contributed by atoms with Crippen LogP contribution in [0.1, 0.15) is 36.9 Å². The molecule has 0 saturated heterocycles. The first-order valence-electron chi connectivity index (χ1n) is 6.99. The first-order chi connectivity index (χ1) is 9.08. The van der Waals surface area contributed by atoms with Crippen LogP contribution in [0.3, 0.4) is 0 Å². The van der Waals surface area contributed by atoms with Gasteiger partial charge >= 0.3 is 0 Å². The first-order valence-corrected chi connectivity index (χ1v) is 6.99. The lowest BCUT2D eigenvalue weighted by Gasteiger charge is -2.33. The maximum Gasteiger partial charge on any atom is 0.228 e. The maximum absolute atomic E-state index is 12.3. The quantitative estimate of drug-likeness (QED) is 0.900. The molecule has 0 bridgehead atoms. The van der Waals surface area contributed by atoms with Crippen molar-refractivity contribution in [2.45, 2.75) is 51.1 Å². The van der Waals surface area contributed by atoms with E-state index in [1.807, 2.05) is 31.0 Å². The Labute approximate surface area is 115 Å². The normalized spacial score (nSPS) is 23.1. The molecule has 1 aromatic rings. The molecule has 0 radical (unpaired) electrons. The molecule has 0 spiro atoms. The SMILES string of the molecule is Cc1cccnc1CC(=O)N(C)C1CCC(N)CC1. The van der Waals surface area contributed by atoms with Crippen LogP contribution >= 0.6 is 0 Å². The van der Waals surface area contributed by atoms with Crippen LogP contribution in [0.5, 0.6) is 0 Å². The Morgan fingerprint density at radius 1 is 1.42 bits per heavy atom. The van der Waals surface area contributed by atoms with Crippen molar-refractivity contribution in [3.63, 3.8) is 0 Å². The van der Waals surface area contributed by atoms with Crippen molar-refractivity contribution < 1.29 is 4.79 Å². The molecule has 2 N–H and O–H groups in total. The van der Waals surface area contributed by atoms with Crippen molar-refractivity contribution in [3.8, 4) is 0 Å². The van der Waals surface area contributed by atoms with Gasteiger partial charge < -0.3 is 10.6 Å². The lowest BCUT2D eigenvalue weighted by molar-refractivity contribution is -0.131. The van der Waals surface area contributed by atoms with Crippen LogP contribution in [-0.2, 0) is 11.2 Å². The monoisotopic (exact) mass is 261 g/mol. The number of pyridine rings is 1. The fourth-order valence-corrected chi connectivity index (χ4v) is 2.66. The molecule has 1 aliphatic rings. The zero-order valence-corrected chi connectivity index (χ0v) is 11.8. The van der Waals surface area contributed by atoms with Crippen LogP contribution in [0.2, 0.25) is 0 Å². The lowest BCUT2D eigenvalue weighted by atomic mass is 9.91. The third-order valence-corrected chi connectivity index (χ3v) is 4.12. The minimum absolute atomic E-state index is 0.155. The third kappa shape index (κ3) is 3.53. The van der Waals surface area contributed by atoms with E-state index in [-0.39, 0.29) is 5.91 Å².